The highest BCUT2D eigenvalue weighted by Gasteiger charge is 2.27. The number of esters is 1. The maximum Gasteiger partial charge on any atom is 0.310 e. The Morgan fingerprint density at radius 1 is 1.19 bits per heavy atom. The van der Waals surface area contributed by atoms with Crippen LogP contribution in [0.4, 0.5) is 4.39 Å². The first-order chi connectivity index (χ1) is 15.1. The maximum atomic E-state index is 13.5. The molecule has 0 saturated carbocycles. The molecule has 0 unspecified atom stereocenters. The van der Waals surface area contributed by atoms with Gasteiger partial charge in [0.05, 0.1) is 24.9 Å². The molecule has 2 aromatic carbocycles. The molecule has 2 heterocycles. The lowest BCUT2D eigenvalue weighted by molar-refractivity contribution is -0.150. The Labute approximate surface area is 185 Å². The van der Waals surface area contributed by atoms with Gasteiger partial charge in [0.15, 0.2) is 5.82 Å². The quantitative estimate of drug-likeness (QED) is 0.419. The van der Waals surface area contributed by atoms with E-state index < -0.39 is 0 Å². The molecule has 3 aromatic rings. The SMILES string of the molecule is CCOC(=O)[C@@H]1CCCN(Cn2nc(-c3ccccc3)n(-c3ccc(F)cc3)c2=S)C1. The first-order valence-electron chi connectivity index (χ1n) is 10.5. The van der Waals surface area contributed by atoms with Gasteiger partial charge < -0.3 is 4.74 Å². The van der Waals surface area contributed by atoms with Crippen molar-refractivity contribution in [2.24, 2.45) is 5.92 Å². The highest BCUT2D eigenvalue weighted by Crippen LogP contribution is 2.24. The summed E-state index contributed by atoms with van der Waals surface area (Å²) in [6.07, 6.45) is 1.75. The van der Waals surface area contributed by atoms with E-state index in [9.17, 15) is 9.18 Å². The number of carbonyl (C=O) groups excluding carboxylic acids is 1. The molecule has 162 valence electrons. The molecular weight excluding hydrogens is 415 g/mol. The standard InChI is InChI=1S/C23H25FN4O2S/c1-2-30-22(29)18-9-6-14-26(15-18)16-27-23(31)28(20-12-10-19(24)11-13-20)21(25-27)17-7-4-3-5-8-17/h3-5,7-8,10-13,18H,2,6,9,14-16H2,1H3/t18-/m1/s1. The third-order valence-corrected chi connectivity index (χ3v) is 5.81. The van der Waals surface area contributed by atoms with Gasteiger partial charge in [0, 0.05) is 12.1 Å². The summed E-state index contributed by atoms with van der Waals surface area (Å²) in [5.74, 6) is 0.117. The maximum absolute atomic E-state index is 13.5. The van der Waals surface area contributed by atoms with E-state index in [4.69, 9.17) is 22.1 Å². The molecule has 8 heteroatoms. The topological polar surface area (TPSA) is 52.3 Å². The van der Waals surface area contributed by atoms with Crippen LogP contribution in [0, 0.1) is 16.5 Å². The van der Waals surface area contributed by atoms with Crippen molar-refractivity contribution in [2.45, 2.75) is 26.4 Å². The summed E-state index contributed by atoms with van der Waals surface area (Å²) >= 11 is 5.77. The fourth-order valence-electron chi connectivity index (χ4n) is 3.92. The number of ether oxygens (including phenoxy) is 1. The molecule has 1 atom stereocenters. The molecule has 1 aliphatic heterocycles. The Bertz CT molecular complexity index is 1100. The first kappa shape index (κ1) is 21.4. The number of halogens is 1. The molecule has 4 rings (SSSR count). The van der Waals surface area contributed by atoms with Crippen molar-refractivity contribution in [3.8, 4) is 17.1 Å². The van der Waals surface area contributed by atoms with Crippen molar-refractivity contribution in [3.05, 3.63) is 65.2 Å². The number of piperidine rings is 1. The number of likely N-dealkylation sites (tertiary alicyclic amines) is 1. The molecular formula is C23H25FN4O2S. The molecule has 1 saturated heterocycles. The molecule has 0 amide bonds. The van der Waals surface area contributed by atoms with Gasteiger partial charge in [-0.1, -0.05) is 30.3 Å². The minimum absolute atomic E-state index is 0.129. The van der Waals surface area contributed by atoms with E-state index in [2.05, 4.69) is 4.90 Å². The lowest BCUT2D eigenvalue weighted by atomic mass is 9.99. The summed E-state index contributed by atoms with van der Waals surface area (Å²) in [6.45, 7) is 4.17. The van der Waals surface area contributed by atoms with Crippen molar-refractivity contribution < 1.29 is 13.9 Å². The Morgan fingerprint density at radius 2 is 1.94 bits per heavy atom. The molecule has 0 bridgehead atoms. The smallest absolute Gasteiger partial charge is 0.310 e. The summed E-state index contributed by atoms with van der Waals surface area (Å²) in [5.41, 5.74) is 1.67. The third-order valence-electron chi connectivity index (χ3n) is 5.42. The molecule has 1 aromatic heterocycles. The van der Waals surface area contributed by atoms with Gasteiger partial charge in [-0.15, -0.1) is 5.10 Å². The van der Waals surface area contributed by atoms with E-state index in [0.717, 1.165) is 30.6 Å². The molecule has 0 N–H and O–H groups in total. The highest BCUT2D eigenvalue weighted by molar-refractivity contribution is 7.71. The largest absolute Gasteiger partial charge is 0.466 e. The van der Waals surface area contributed by atoms with Gasteiger partial charge in [0.25, 0.3) is 0 Å². The van der Waals surface area contributed by atoms with Gasteiger partial charge in [-0.05, 0) is 62.8 Å². The Kier molecular flexibility index (Phi) is 6.58. The zero-order valence-electron chi connectivity index (χ0n) is 17.4. The average molecular weight is 441 g/mol. The van der Waals surface area contributed by atoms with E-state index in [1.54, 1.807) is 16.8 Å². The normalized spacial score (nSPS) is 16.9. The van der Waals surface area contributed by atoms with Crippen molar-refractivity contribution in [3.63, 3.8) is 0 Å². The number of rotatable bonds is 6. The van der Waals surface area contributed by atoms with Gasteiger partial charge in [-0.3, -0.25) is 14.3 Å². The van der Waals surface area contributed by atoms with Gasteiger partial charge in [0.2, 0.25) is 4.77 Å². The number of hydrogen-bond donors (Lipinski definition) is 0. The summed E-state index contributed by atoms with van der Waals surface area (Å²) in [7, 11) is 0. The molecule has 1 aliphatic rings. The van der Waals surface area contributed by atoms with Gasteiger partial charge in [0.1, 0.15) is 5.82 Å². The molecule has 0 aliphatic carbocycles. The van der Waals surface area contributed by atoms with E-state index >= 15 is 0 Å². The number of benzene rings is 2. The fraction of sp³-hybridized carbons (Fsp3) is 0.348. The van der Waals surface area contributed by atoms with Crippen LogP contribution in [-0.2, 0) is 16.2 Å². The summed E-state index contributed by atoms with van der Waals surface area (Å²) in [4.78, 5) is 14.4. The van der Waals surface area contributed by atoms with Crippen LogP contribution in [0.5, 0.6) is 0 Å². The first-order valence-corrected chi connectivity index (χ1v) is 10.9. The second kappa shape index (κ2) is 9.53. The predicted octanol–water partition coefficient (Wildman–Crippen LogP) is 4.44. The van der Waals surface area contributed by atoms with E-state index in [-0.39, 0.29) is 17.7 Å². The molecule has 0 radical (unpaired) electrons. The predicted molar refractivity (Wildman–Crippen MR) is 119 cm³/mol. The van der Waals surface area contributed by atoms with Crippen molar-refractivity contribution in [1.82, 2.24) is 19.2 Å². The second-order valence-corrected chi connectivity index (χ2v) is 7.96. The lowest BCUT2D eigenvalue weighted by Crippen LogP contribution is -2.40. The Morgan fingerprint density at radius 3 is 2.65 bits per heavy atom. The fourth-order valence-corrected chi connectivity index (χ4v) is 4.21. The van der Waals surface area contributed by atoms with E-state index in [1.165, 1.54) is 12.1 Å². The minimum atomic E-state index is -0.303. The van der Waals surface area contributed by atoms with Crippen molar-refractivity contribution >= 4 is 18.2 Å². The minimum Gasteiger partial charge on any atom is -0.466 e. The Balaban J connectivity index is 1.67. The van der Waals surface area contributed by atoms with Crippen LogP contribution < -0.4 is 0 Å². The molecule has 1 fully saturated rings. The average Bonchev–Trinajstić information content (AvgIpc) is 3.11. The van der Waals surface area contributed by atoms with Gasteiger partial charge in [-0.25, -0.2) is 9.07 Å². The van der Waals surface area contributed by atoms with Crippen LogP contribution in [0.2, 0.25) is 0 Å². The van der Waals surface area contributed by atoms with Gasteiger partial charge >= 0.3 is 5.97 Å². The van der Waals surface area contributed by atoms with E-state index in [0.29, 0.717) is 30.4 Å². The third kappa shape index (κ3) is 4.75. The Hall–Kier alpha value is -2.84. The summed E-state index contributed by atoms with van der Waals surface area (Å²) in [6, 6.07) is 16.0. The van der Waals surface area contributed by atoms with Gasteiger partial charge in [-0.2, -0.15) is 0 Å². The molecule has 6 nitrogen and oxygen atoms in total. The van der Waals surface area contributed by atoms with E-state index in [1.807, 2.05) is 41.8 Å². The van der Waals surface area contributed by atoms with Crippen LogP contribution >= 0.6 is 12.2 Å². The van der Waals surface area contributed by atoms with Crippen LogP contribution in [0.3, 0.4) is 0 Å². The van der Waals surface area contributed by atoms with Crippen molar-refractivity contribution in [1.29, 1.82) is 0 Å². The van der Waals surface area contributed by atoms with Crippen molar-refractivity contribution in [2.75, 3.05) is 19.7 Å². The summed E-state index contributed by atoms with van der Waals surface area (Å²) < 4.78 is 22.9. The second-order valence-electron chi connectivity index (χ2n) is 7.59. The van der Waals surface area contributed by atoms with Crippen LogP contribution in [0.15, 0.2) is 54.6 Å². The monoisotopic (exact) mass is 440 g/mol. The highest BCUT2D eigenvalue weighted by atomic mass is 32.1. The number of carbonyl (C=O) groups is 1. The molecule has 0 spiro atoms. The lowest BCUT2D eigenvalue weighted by Gasteiger charge is -2.31. The number of hydrogen-bond acceptors (Lipinski definition) is 5. The van der Waals surface area contributed by atoms with Crippen LogP contribution in [0.1, 0.15) is 19.8 Å². The van der Waals surface area contributed by atoms with Crippen LogP contribution in [0.25, 0.3) is 17.1 Å². The zero-order valence-corrected chi connectivity index (χ0v) is 18.2. The number of nitrogens with zero attached hydrogens (tertiary/aromatic N) is 4. The molecule has 31 heavy (non-hydrogen) atoms. The van der Waals surface area contributed by atoms with Crippen LogP contribution in [-0.4, -0.2) is 44.9 Å². The zero-order chi connectivity index (χ0) is 21.8. The number of aromatic nitrogens is 3. The summed E-state index contributed by atoms with van der Waals surface area (Å²) in [5, 5.41) is 4.80.